The Morgan fingerprint density at radius 1 is 1.38 bits per heavy atom. The van der Waals surface area contributed by atoms with E-state index < -0.39 is 18.1 Å². The molecule has 0 amide bonds. The van der Waals surface area contributed by atoms with Gasteiger partial charge in [0.2, 0.25) is 5.78 Å². The second-order valence-corrected chi connectivity index (χ2v) is 3.83. The zero-order valence-corrected chi connectivity index (χ0v) is 8.07. The number of ketones is 1. The summed E-state index contributed by atoms with van der Waals surface area (Å²) in [5, 5.41) is 0. The molecule has 1 aromatic rings. The molecule has 1 aliphatic carbocycles. The third kappa shape index (κ3) is 1.20. The molecule has 0 N–H and O–H groups in total. The lowest BCUT2D eigenvalue weighted by Gasteiger charge is -2.03. The van der Waals surface area contributed by atoms with Crippen LogP contribution in [0.3, 0.4) is 0 Å². The monoisotopic (exact) mass is 246 g/mol. The molecule has 1 aliphatic rings. The summed E-state index contributed by atoms with van der Waals surface area (Å²) < 4.78 is 26.5. The lowest BCUT2D eigenvalue weighted by molar-refractivity contribution is 0.0167. The summed E-state index contributed by atoms with van der Waals surface area (Å²) in [6.45, 7) is 0. The van der Waals surface area contributed by atoms with E-state index in [0.29, 0.717) is 10.0 Å². The van der Waals surface area contributed by atoms with Crippen LogP contribution in [0.25, 0.3) is 0 Å². The summed E-state index contributed by atoms with van der Waals surface area (Å²) in [7, 11) is 0. The minimum atomic E-state index is -3.22. The van der Waals surface area contributed by atoms with Crippen LogP contribution in [0.2, 0.25) is 0 Å². The first kappa shape index (κ1) is 8.81. The Morgan fingerprint density at radius 3 is 2.69 bits per heavy atom. The second kappa shape index (κ2) is 2.61. The van der Waals surface area contributed by atoms with Crippen LogP contribution in [-0.2, 0) is 6.42 Å². The number of carbonyl (C=O) groups is 1. The number of Topliss-reactive ketones (excluding diaryl/α,β-unsaturated/α-hetero) is 1. The Bertz CT molecular complexity index is 387. The fourth-order valence-corrected chi connectivity index (χ4v) is 1.96. The van der Waals surface area contributed by atoms with Crippen LogP contribution in [0.15, 0.2) is 22.7 Å². The molecule has 0 atom stereocenters. The number of fused-ring (bicyclic) bond motifs is 1. The average molecular weight is 247 g/mol. The molecule has 0 radical (unpaired) electrons. The van der Waals surface area contributed by atoms with Crippen LogP contribution in [-0.4, -0.2) is 11.7 Å². The van der Waals surface area contributed by atoms with Crippen molar-refractivity contribution >= 4 is 21.7 Å². The molecule has 0 bridgehead atoms. The maximum Gasteiger partial charge on any atom is 0.313 e. The van der Waals surface area contributed by atoms with E-state index in [0.717, 1.165) is 0 Å². The molecule has 4 heteroatoms. The molecule has 0 heterocycles. The van der Waals surface area contributed by atoms with Crippen LogP contribution in [0, 0.1) is 0 Å². The number of benzene rings is 1. The highest BCUT2D eigenvalue weighted by Crippen LogP contribution is 2.37. The molecule has 0 unspecified atom stereocenters. The Morgan fingerprint density at radius 2 is 2.08 bits per heavy atom. The fraction of sp³-hybridized carbons (Fsp3) is 0.222. The molecule has 0 saturated carbocycles. The maximum atomic E-state index is 12.9. The highest BCUT2D eigenvalue weighted by atomic mass is 79.9. The van der Waals surface area contributed by atoms with Gasteiger partial charge in [-0.3, -0.25) is 4.79 Å². The van der Waals surface area contributed by atoms with E-state index in [1.165, 1.54) is 6.07 Å². The van der Waals surface area contributed by atoms with Gasteiger partial charge in [0.15, 0.2) is 0 Å². The Hall–Kier alpha value is -0.770. The van der Waals surface area contributed by atoms with Gasteiger partial charge in [-0.15, -0.1) is 0 Å². The summed E-state index contributed by atoms with van der Waals surface area (Å²) in [6, 6.07) is 4.68. The highest BCUT2D eigenvalue weighted by molar-refractivity contribution is 9.10. The average Bonchev–Trinajstić information content (AvgIpc) is 2.28. The van der Waals surface area contributed by atoms with E-state index in [9.17, 15) is 13.6 Å². The highest BCUT2D eigenvalue weighted by Gasteiger charge is 2.47. The van der Waals surface area contributed by atoms with Crippen molar-refractivity contribution in [2.24, 2.45) is 0 Å². The molecule has 1 nitrogen and oxygen atoms in total. The molecule has 68 valence electrons. The summed E-state index contributed by atoms with van der Waals surface area (Å²) in [5.41, 5.74) is 0.553. The first-order valence-electron chi connectivity index (χ1n) is 3.72. The Labute approximate surface area is 81.9 Å². The topological polar surface area (TPSA) is 17.1 Å². The first-order chi connectivity index (χ1) is 6.02. The molecule has 0 aliphatic heterocycles. The van der Waals surface area contributed by atoms with Crippen molar-refractivity contribution in [3.05, 3.63) is 33.8 Å². The fourth-order valence-electron chi connectivity index (χ4n) is 1.45. The molecular formula is C9H5BrF2O. The third-order valence-corrected chi connectivity index (χ3v) is 2.84. The van der Waals surface area contributed by atoms with E-state index >= 15 is 0 Å². The van der Waals surface area contributed by atoms with E-state index in [2.05, 4.69) is 15.9 Å². The van der Waals surface area contributed by atoms with Crippen LogP contribution in [0.5, 0.6) is 0 Å². The number of alkyl halides is 2. The minimum Gasteiger partial charge on any atom is -0.287 e. The van der Waals surface area contributed by atoms with Gasteiger partial charge >= 0.3 is 5.92 Å². The summed E-state index contributed by atoms with van der Waals surface area (Å²) in [5.74, 6) is -4.28. The molecule has 1 aromatic carbocycles. The van der Waals surface area contributed by atoms with E-state index in [-0.39, 0.29) is 5.56 Å². The number of hydrogen-bond acceptors (Lipinski definition) is 1. The molecule has 0 aromatic heterocycles. The predicted molar refractivity (Wildman–Crippen MR) is 47.1 cm³/mol. The van der Waals surface area contributed by atoms with Crippen molar-refractivity contribution < 1.29 is 13.6 Å². The summed E-state index contributed by atoms with van der Waals surface area (Å²) >= 11 is 3.14. The Balaban J connectivity index is 2.63. The minimum absolute atomic E-state index is 0.138. The summed E-state index contributed by atoms with van der Waals surface area (Å²) in [4.78, 5) is 11.1. The Kier molecular flexibility index (Phi) is 1.77. The molecule has 0 spiro atoms. The normalized spacial score (nSPS) is 18.8. The van der Waals surface area contributed by atoms with Gasteiger partial charge in [-0.2, -0.15) is 8.78 Å². The number of hydrogen-bond donors (Lipinski definition) is 0. The van der Waals surface area contributed by atoms with Gasteiger partial charge in [-0.25, -0.2) is 0 Å². The van der Waals surface area contributed by atoms with Crippen LogP contribution >= 0.6 is 15.9 Å². The van der Waals surface area contributed by atoms with Crippen molar-refractivity contribution in [1.29, 1.82) is 0 Å². The second-order valence-electron chi connectivity index (χ2n) is 2.98. The van der Waals surface area contributed by atoms with Gasteiger partial charge in [-0.1, -0.05) is 28.1 Å². The zero-order chi connectivity index (χ0) is 9.64. The van der Waals surface area contributed by atoms with Gasteiger partial charge in [0.05, 0.1) is 0 Å². The number of carbonyl (C=O) groups excluding carboxylic acids is 1. The predicted octanol–water partition coefficient (Wildman–Crippen LogP) is 2.82. The molecular weight excluding hydrogens is 242 g/mol. The van der Waals surface area contributed by atoms with Crippen molar-refractivity contribution in [3.63, 3.8) is 0 Å². The number of halogens is 3. The molecule has 0 saturated heterocycles. The van der Waals surface area contributed by atoms with Crippen molar-refractivity contribution in [2.75, 3.05) is 0 Å². The van der Waals surface area contributed by atoms with E-state index in [1.807, 2.05) is 0 Å². The zero-order valence-electron chi connectivity index (χ0n) is 6.48. The van der Waals surface area contributed by atoms with Crippen LogP contribution in [0.4, 0.5) is 8.78 Å². The van der Waals surface area contributed by atoms with E-state index in [4.69, 9.17) is 0 Å². The van der Waals surface area contributed by atoms with Gasteiger partial charge in [0, 0.05) is 16.5 Å². The third-order valence-electron chi connectivity index (χ3n) is 2.09. The maximum absolute atomic E-state index is 12.9. The van der Waals surface area contributed by atoms with Gasteiger partial charge in [-0.05, 0) is 11.6 Å². The van der Waals surface area contributed by atoms with Crippen molar-refractivity contribution in [2.45, 2.75) is 12.3 Å². The van der Waals surface area contributed by atoms with Crippen molar-refractivity contribution in [1.82, 2.24) is 0 Å². The quantitative estimate of drug-likeness (QED) is 0.688. The lowest BCUT2D eigenvalue weighted by atomic mass is 10.1. The first-order valence-corrected chi connectivity index (χ1v) is 4.52. The van der Waals surface area contributed by atoms with Gasteiger partial charge in [0.25, 0.3) is 0 Å². The van der Waals surface area contributed by atoms with Crippen molar-refractivity contribution in [3.8, 4) is 0 Å². The van der Waals surface area contributed by atoms with Crippen LogP contribution < -0.4 is 0 Å². The van der Waals surface area contributed by atoms with Crippen LogP contribution in [0.1, 0.15) is 15.9 Å². The molecule has 2 rings (SSSR count). The molecule has 13 heavy (non-hydrogen) atoms. The number of rotatable bonds is 0. The molecule has 0 fully saturated rings. The largest absolute Gasteiger partial charge is 0.313 e. The van der Waals surface area contributed by atoms with Gasteiger partial charge in [0.1, 0.15) is 0 Å². The smallest absolute Gasteiger partial charge is 0.287 e. The SMILES string of the molecule is O=C1c2cccc(Br)c2CC1(F)F. The van der Waals surface area contributed by atoms with E-state index in [1.54, 1.807) is 12.1 Å². The standard InChI is InChI=1S/C9H5BrF2O/c10-7-3-1-2-5-6(7)4-9(11,12)8(5)13/h1-3H,4H2. The lowest BCUT2D eigenvalue weighted by Crippen LogP contribution is -2.23. The summed E-state index contributed by atoms with van der Waals surface area (Å²) in [6.07, 6.45) is -0.484. The van der Waals surface area contributed by atoms with Gasteiger partial charge < -0.3 is 0 Å².